The van der Waals surface area contributed by atoms with Crippen LogP contribution in [0.15, 0.2) is 12.1 Å². The molecule has 1 aliphatic heterocycles. The molecular weight excluding hydrogens is 322 g/mol. The molecule has 0 spiro atoms. The van der Waals surface area contributed by atoms with Crippen molar-refractivity contribution in [1.82, 2.24) is 15.5 Å². The normalized spacial score (nSPS) is 18.4. The van der Waals surface area contributed by atoms with Crippen LogP contribution in [0.5, 0.6) is 0 Å². The summed E-state index contributed by atoms with van der Waals surface area (Å²) in [5, 5.41) is 5.79. The van der Waals surface area contributed by atoms with Gasteiger partial charge in [0, 0.05) is 37.5 Å². The lowest BCUT2D eigenvalue weighted by Gasteiger charge is -2.30. The van der Waals surface area contributed by atoms with E-state index in [0.29, 0.717) is 19.5 Å². The molecule has 1 saturated heterocycles. The van der Waals surface area contributed by atoms with Crippen LogP contribution in [0, 0.1) is 0 Å². The molecule has 0 aliphatic carbocycles. The molecule has 1 fully saturated rings. The molecule has 5 nitrogen and oxygen atoms in total. The number of nitrogens with one attached hydrogen (secondary N) is 2. The van der Waals surface area contributed by atoms with E-state index in [9.17, 15) is 9.59 Å². The van der Waals surface area contributed by atoms with E-state index in [-0.39, 0.29) is 18.0 Å². The number of aryl methyl sites for hydroxylation is 1. The van der Waals surface area contributed by atoms with Crippen LogP contribution in [0.2, 0.25) is 4.34 Å². The summed E-state index contributed by atoms with van der Waals surface area (Å²) >= 11 is 7.49. The number of hydrogen-bond donors (Lipinski definition) is 2. The summed E-state index contributed by atoms with van der Waals surface area (Å²) in [5.41, 5.74) is 0. The van der Waals surface area contributed by atoms with E-state index in [1.165, 1.54) is 4.88 Å². The largest absolute Gasteiger partial charge is 0.344 e. The third kappa shape index (κ3) is 5.50. The number of likely N-dealkylation sites (N-methyl/N-ethyl adjacent to an activating group) is 1. The van der Waals surface area contributed by atoms with Crippen molar-refractivity contribution in [3.63, 3.8) is 0 Å². The molecule has 2 heterocycles. The lowest BCUT2D eigenvalue weighted by atomic mass is 10.1. The van der Waals surface area contributed by atoms with Crippen molar-refractivity contribution in [2.24, 2.45) is 0 Å². The van der Waals surface area contributed by atoms with Gasteiger partial charge in [-0.2, -0.15) is 0 Å². The SMILES string of the molecule is CN1CC(NC(=O)NCCCCc2ccc(Cl)s2)CCC1=O. The third-order valence-corrected chi connectivity index (χ3v) is 5.02. The van der Waals surface area contributed by atoms with E-state index in [4.69, 9.17) is 11.6 Å². The summed E-state index contributed by atoms with van der Waals surface area (Å²) in [6.45, 7) is 1.25. The van der Waals surface area contributed by atoms with E-state index in [2.05, 4.69) is 10.6 Å². The van der Waals surface area contributed by atoms with Gasteiger partial charge in [0.1, 0.15) is 0 Å². The first kappa shape index (κ1) is 17.1. The van der Waals surface area contributed by atoms with Gasteiger partial charge < -0.3 is 15.5 Å². The van der Waals surface area contributed by atoms with Crippen LogP contribution in [0.4, 0.5) is 4.79 Å². The van der Waals surface area contributed by atoms with Crippen molar-refractivity contribution in [1.29, 1.82) is 0 Å². The Morgan fingerprint density at radius 3 is 2.95 bits per heavy atom. The quantitative estimate of drug-likeness (QED) is 0.780. The fraction of sp³-hybridized carbons (Fsp3) is 0.600. The van der Waals surface area contributed by atoms with Crippen LogP contribution < -0.4 is 10.6 Å². The number of rotatable bonds is 6. The molecule has 1 aromatic rings. The summed E-state index contributed by atoms with van der Waals surface area (Å²) in [4.78, 5) is 26.1. The monoisotopic (exact) mass is 343 g/mol. The van der Waals surface area contributed by atoms with Crippen molar-refractivity contribution in [3.8, 4) is 0 Å². The van der Waals surface area contributed by atoms with Crippen molar-refractivity contribution < 1.29 is 9.59 Å². The second kappa shape index (κ2) is 8.39. The molecule has 22 heavy (non-hydrogen) atoms. The average molecular weight is 344 g/mol. The van der Waals surface area contributed by atoms with Crippen molar-refractivity contribution in [3.05, 3.63) is 21.3 Å². The smallest absolute Gasteiger partial charge is 0.315 e. The molecule has 2 N–H and O–H groups in total. The maximum Gasteiger partial charge on any atom is 0.315 e. The topological polar surface area (TPSA) is 61.4 Å². The first-order chi connectivity index (χ1) is 10.5. The highest BCUT2D eigenvalue weighted by atomic mass is 35.5. The molecule has 1 aromatic heterocycles. The molecular formula is C15H22ClN3O2S. The molecule has 0 radical (unpaired) electrons. The van der Waals surface area contributed by atoms with Gasteiger partial charge in [-0.3, -0.25) is 4.79 Å². The Kier molecular flexibility index (Phi) is 6.51. The Labute approximate surface area is 140 Å². The van der Waals surface area contributed by atoms with Gasteiger partial charge in [0.25, 0.3) is 0 Å². The summed E-state index contributed by atoms with van der Waals surface area (Å²) in [5.74, 6) is 0.145. The highest BCUT2D eigenvalue weighted by Gasteiger charge is 2.23. The van der Waals surface area contributed by atoms with Gasteiger partial charge in [0.2, 0.25) is 5.91 Å². The molecule has 7 heteroatoms. The number of nitrogens with zero attached hydrogens (tertiary/aromatic N) is 1. The second-order valence-corrected chi connectivity index (χ2v) is 7.37. The Hall–Kier alpha value is -1.27. The van der Waals surface area contributed by atoms with Gasteiger partial charge in [-0.25, -0.2) is 4.79 Å². The number of urea groups is 1. The van der Waals surface area contributed by atoms with Crippen LogP contribution in [0.1, 0.15) is 30.6 Å². The number of thiophene rings is 1. The first-order valence-electron chi connectivity index (χ1n) is 7.57. The zero-order valence-electron chi connectivity index (χ0n) is 12.7. The molecule has 0 aromatic carbocycles. The van der Waals surface area contributed by atoms with Crippen LogP contribution in [-0.4, -0.2) is 43.0 Å². The minimum atomic E-state index is -0.146. The van der Waals surface area contributed by atoms with E-state index in [1.807, 2.05) is 12.1 Å². The molecule has 0 bridgehead atoms. The minimum Gasteiger partial charge on any atom is -0.344 e. The fourth-order valence-electron chi connectivity index (χ4n) is 2.48. The number of halogens is 1. The Morgan fingerprint density at radius 1 is 1.45 bits per heavy atom. The molecule has 1 atom stereocenters. The zero-order valence-corrected chi connectivity index (χ0v) is 14.3. The number of hydrogen-bond acceptors (Lipinski definition) is 3. The standard InChI is InChI=1S/C15H22ClN3O2S/c1-19-10-11(5-8-14(19)20)18-15(21)17-9-3-2-4-12-6-7-13(16)22-12/h6-7,11H,2-5,8-10H2,1H3,(H2,17,18,21). The Balaban J connectivity index is 1.55. The number of likely N-dealkylation sites (tertiary alicyclic amines) is 1. The number of piperidine rings is 1. The van der Waals surface area contributed by atoms with E-state index < -0.39 is 0 Å². The predicted molar refractivity (Wildman–Crippen MR) is 89.5 cm³/mol. The van der Waals surface area contributed by atoms with Crippen molar-refractivity contribution in [2.45, 2.75) is 38.1 Å². The maximum absolute atomic E-state index is 11.8. The van der Waals surface area contributed by atoms with Gasteiger partial charge in [0.15, 0.2) is 0 Å². The summed E-state index contributed by atoms with van der Waals surface area (Å²) in [7, 11) is 1.77. The molecule has 1 aliphatic rings. The van der Waals surface area contributed by atoms with E-state index in [0.717, 1.165) is 30.0 Å². The maximum atomic E-state index is 11.8. The van der Waals surface area contributed by atoms with Gasteiger partial charge in [-0.1, -0.05) is 11.6 Å². The molecule has 1 unspecified atom stereocenters. The van der Waals surface area contributed by atoms with Crippen LogP contribution >= 0.6 is 22.9 Å². The first-order valence-corrected chi connectivity index (χ1v) is 8.76. The van der Waals surface area contributed by atoms with E-state index >= 15 is 0 Å². The van der Waals surface area contributed by atoms with Gasteiger partial charge >= 0.3 is 6.03 Å². The average Bonchev–Trinajstić information content (AvgIpc) is 2.88. The number of carbonyl (C=O) groups excluding carboxylic acids is 2. The zero-order chi connectivity index (χ0) is 15.9. The van der Waals surface area contributed by atoms with Gasteiger partial charge in [-0.05, 0) is 37.8 Å². The van der Waals surface area contributed by atoms with Crippen LogP contribution in [-0.2, 0) is 11.2 Å². The number of amides is 3. The van der Waals surface area contributed by atoms with Gasteiger partial charge in [-0.15, -0.1) is 11.3 Å². The Morgan fingerprint density at radius 2 is 2.27 bits per heavy atom. The third-order valence-electron chi connectivity index (χ3n) is 3.73. The minimum absolute atomic E-state index is 0.0518. The molecule has 2 rings (SSSR count). The van der Waals surface area contributed by atoms with Gasteiger partial charge in [0.05, 0.1) is 4.34 Å². The molecule has 3 amide bonds. The van der Waals surface area contributed by atoms with Crippen molar-refractivity contribution in [2.75, 3.05) is 20.1 Å². The highest BCUT2D eigenvalue weighted by Crippen LogP contribution is 2.22. The molecule has 0 saturated carbocycles. The fourth-order valence-corrected chi connectivity index (χ4v) is 3.61. The lowest BCUT2D eigenvalue weighted by molar-refractivity contribution is -0.132. The highest BCUT2D eigenvalue weighted by molar-refractivity contribution is 7.16. The second-order valence-electron chi connectivity index (χ2n) is 5.57. The summed E-state index contributed by atoms with van der Waals surface area (Å²) < 4.78 is 0.823. The summed E-state index contributed by atoms with van der Waals surface area (Å²) in [6.07, 6.45) is 4.18. The van der Waals surface area contributed by atoms with Crippen molar-refractivity contribution >= 4 is 34.9 Å². The summed E-state index contributed by atoms with van der Waals surface area (Å²) in [6, 6.07) is 3.87. The Bertz CT molecular complexity index is 521. The molecule has 122 valence electrons. The lowest BCUT2D eigenvalue weighted by Crippen LogP contribution is -2.51. The predicted octanol–water partition coefficient (Wildman–Crippen LogP) is 2.64. The number of carbonyl (C=O) groups is 2. The number of unbranched alkanes of at least 4 members (excludes halogenated alkanes) is 1. The van der Waals surface area contributed by atoms with Crippen LogP contribution in [0.3, 0.4) is 0 Å². The van der Waals surface area contributed by atoms with E-state index in [1.54, 1.807) is 23.3 Å². The van der Waals surface area contributed by atoms with Crippen LogP contribution in [0.25, 0.3) is 0 Å².